The molecule has 80 valence electrons. The van der Waals surface area contributed by atoms with Crippen LogP contribution in [-0.2, 0) is 6.54 Å². The molecule has 0 spiro atoms. The molecule has 0 aromatic carbocycles. The van der Waals surface area contributed by atoms with Crippen molar-refractivity contribution in [3.05, 3.63) is 18.7 Å². The maximum Gasteiger partial charge on any atom is 0.0945 e. The molecule has 0 aliphatic carbocycles. The second-order valence-corrected chi connectivity index (χ2v) is 3.73. The Balaban J connectivity index is 2.13. The molecule has 0 saturated heterocycles. The first-order valence-electron chi connectivity index (χ1n) is 5.43. The first-order valence-corrected chi connectivity index (χ1v) is 5.43. The minimum atomic E-state index is 0.323. The van der Waals surface area contributed by atoms with E-state index in [9.17, 15) is 0 Å². The maximum absolute atomic E-state index is 8.84. The van der Waals surface area contributed by atoms with Gasteiger partial charge in [-0.25, -0.2) is 4.98 Å². The number of aromatic nitrogens is 2. The van der Waals surface area contributed by atoms with E-state index in [1.54, 1.807) is 0 Å². The molecule has 1 aromatic heterocycles. The third kappa shape index (κ3) is 3.92. The molecule has 0 amide bonds. The minimum Gasteiger partial charge on any atom is -0.396 e. The Morgan fingerprint density at radius 3 is 2.86 bits per heavy atom. The highest BCUT2D eigenvalue weighted by Gasteiger charge is 2.04. The van der Waals surface area contributed by atoms with Crippen molar-refractivity contribution in [3.63, 3.8) is 0 Å². The zero-order chi connectivity index (χ0) is 10.2. The number of hydrogen-bond donors (Lipinski definition) is 1. The Bertz CT molecular complexity index is 221. The van der Waals surface area contributed by atoms with Crippen LogP contribution in [0.15, 0.2) is 18.7 Å². The Hall–Kier alpha value is -0.830. The summed E-state index contributed by atoms with van der Waals surface area (Å²) in [5.74, 6) is 0.684. The van der Waals surface area contributed by atoms with Crippen molar-refractivity contribution in [2.24, 2.45) is 5.92 Å². The monoisotopic (exact) mass is 196 g/mol. The number of rotatable bonds is 7. The minimum absolute atomic E-state index is 0.323. The van der Waals surface area contributed by atoms with Crippen LogP contribution in [0.25, 0.3) is 0 Å². The molecule has 14 heavy (non-hydrogen) atoms. The summed E-state index contributed by atoms with van der Waals surface area (Å²) in [6.45, 7) is 3.56. The third-order valence-corrected chi connectivity index (χ3v) is 2.70. The normalized spacial score (nSPS) is 13.0. The van der Waals surface area contributed by atoms with E-state index in [-0.39, 0.29) is 0 Å². The summed E-state index contributed by atoms with van der Waals surface area (Å²) in [4.78, 5) is 4.00. The van der Waals surface area contributed by atoms with Crippen LogP contribution < -0.4 is 0 Å². The number of aliphatic hydroxyl groups is 1. The van der Waals surface area contributed by atoms with Gasteiger partial charge in [-0.05, 0) is 25.2 Å². The SMILES string of the molecule is CC[C@@H](CCO)CCCn1ccnc1. The molecule has 0 radical (unpaired) electrons. The summed E-state index contributed by atoms with van der Waals surface area (Å²) in [7, 11) is 0. The smallest absolute Gasteiger partial charge is 0.0945 e. The van der Waals surface area contributed by atoms with E-state index in [1.807, 2.05) is 18.7 Å². The van der Waals surface area contributed by atoms with Gasteiger partial charge in [0.05, 0.1) is 6.33 Å². The lowest BCUT2D eigenvalue weighted by Crippen LogP contribution is -2.04. The van der Waals surface area contributed by atoms with Crippen molar-refractivity contribution in [3.8, 4) is 0 Å². The van der Waals surface area contributed by atoms with Crippen LogP contribution >= 0.6 is 0 Å². The van der Waals surface area contributed by atoms with Crippen molar-refractivity contribution in [1.82, 2.24) is 9.55 Å². The number of hydrogen-bond acceptors (Lipinski definition) is 2. The van der Waals surface area contributed by atoms with Crippen molar-refractivity contribution in [2.75, 3.05) is 6.61 Å². The highest BCUT2D eigenvalue weighted by atomic mass is 16.3. The molecule has 1 heterocycles. The number of aryl methyl sites for hydroxylation is 1. The third-order valence-electron chi connectivity index (χ3n) is 2.70. The fraction of sp³-hybridized carbons (Fsp3) is 0.727. The fourth-order valence-corrected chi connectivity index (χ4v) is 1.72. The van der Waals surface area contributed by atoms with E-state index in [1.165, 1.54) is 19.3 Å². The highest BCUT2D eigenvalue weighted by molar-refractivity contribution is 4.73. The van der Waals surface area contributed by atoms with Gasteiger partial charge in [0.2, 0.25) is 0 Å². The summed E-state index contributed by atoms with van der Waals surface area (Å²) < 4.78 is 2.10. The molecule has 0 saturated carbocycles. The van der Waals surface area contributed by atoms with Crippen LogP contribution in [0.5, 0.6) is 0 Å². The number of imidazole rings is 1. The first-order chi connectivity index (χ1) is 6.86. The largest absolute Gasteiger partial charge is 0.396 e. The van der Waals surface area contributed by atoms with Crippen molar-refractivity contribution >= 4 is 0 Å². The molecule has 0 bridgehead atoms. The molecular weight excluding hydrogens is 176 g/mol. The van der Waals surface area contributed by atoms with Crippen LogP contribution in [0.3, 0.4) is 0 Å². The van der Waals surface area contributed by atoms with Crippen molar-refractivity contribution < 1.29 is 5.11 Å². The van der Waals surface area contributed by atoms with E-state index in [4.69, 9.17) is 5.11 Å². The molecule has 3 heteroatoms. The average molecular weight is 196 g/mol. The van der Waals surface area contributed by atoms with Gasteiger partial charge in [-0.1, -0.05) is 13.3 Å². The lowest BCUT2D eigenvalue weighted by molar-refractivity contribution is 0.246. The van der Waals surface area contributed by atoms with E-state index in [2.05, 4.69) is 16.5 Å². The fourth-order valence-electron chi connectivity index (χ4n) is 1.72. The predicted molar refractivity (Wildman–Crippen MR) is 56.9 cm³/mol. The first kappa shape index (κ1) is 11.2. The van der Waals surface area contributed by atoms with Gasteiger partial charge in [-0.3, -0.25) is 0 Å². The van der Waals surface area contributed by atoms with Crippen LogP contribution in [0.4, 0.5) is 0 Å². The van der Waals surface area contributed by atoms with Crippen LogP contribution in [0, 0.1) is 5.92 Å². The second-order valence-electron chi connectivity index (χ2n) is 3.73. The van der Waals surface area contributed by atoms with E-state index in [0.717, 1.165) is 13.0 Å². The van der Waals surface area contributed by atoms with E-state index < -0.39 is 0 Å². The Labute approximate surface area is 85.8 Å². The lowest BCUT2D eigenvalue weighted by Gasteiger charge is -2.12. The summed E-state index contributed by atoms with van der Waals surface area (Å²) in [6.07, 6.45) is 10.2. The van der Waals surface area contributed by atoms with Crippen LogP contribution in [-0.4, -0.2) is 21.3 Å². The van der Waals surface area contributed by atoms with Gasteiger partial charge in [0, 0.05) is 25.5 Å². The van der Waals surface area contributed by atoms with Crippen molar-refractivity contribution in [2.45, 2.75) is 39.2 Å². The van der Waals surface area contributed by atoms with E-state index >= 15 is 0 Å². The Kier molecular flexibility index (Phi) is 5.30. The molecule has 0 aliphatic rings. The zero-order valence-corrected chi connectivity index (χ0v) is 8.89. The summed E-state index contributed by atoms with van der Waals surface area (Å²) in [5, 5.41) is 8.84. The van der Waals surface area contributed by atoms with Crippen LogP contribution in [0.2, 0.25) is 0 Å². The topological polar surface area (TPSA) is 38.0 Å². The molecule has 0 aliphatic heterocycles. The van der Waals surface area contributed by atoms with Gasteiger partial charge in [0.15, 0.2) is 0 Å². The van der Waals surface area contributed by atoms with Gasteiger partial charge in [-0.2, -0.15) is 0 Å². The molecule has 1 atom stereocenters. The molecule has 1 aromatic rings. The molecule has 3 nitrogen and oxygen atoms in total. The van der Waals surface area contributed by atoms with Gasteiger partial charge >= 0.3 is 0 Å². The number of aliphatic hydroxyl groups excluding tert-OH is 1. The highest BCUT2D eigenvalue weighted by Crippen LogP contribution is 2.15. The Morgan fingerprint density at radius 2 is 2.29 bits per heavy atom. The Morgan fingerprint density at radius 1 is 1.43 bits per heavy atom. The number of nitrogens with zero attached hydrogens (tertiary/aromatic N) is 2. The predicted octanol–water partition coefficient (Wildman–Crippen LogP) is 2.07. The summed E-state index contributed by atoms with van der Waals surface area (Å²) >= 11 is 0. The quantitative estimate of drug-likeness (QED) is 0.725. The molecule has 1 N–H and O–H groups in total. The van der Waals surface area contributed by atoms with Gasteiger partial charge < -0.3 is 9.67 Å². The maximum atomic E-state index is 8.84. The van der Waals surface area contributed by atoms with Gasteiger partial charge in [0.1, 0.15) is 0 Å². The average Bonchev–Trinajstić information content (AvgIpc) is 2.69. The van der Waals surface area contributed by atoms with Gasteiger partial charge in [0.25, 0.3) is 0 Å². The zero-order valence-electron chi connectivity index (χ0n) is 8.89. The van der Waals surface area contributed by atoms with Crippen molar-refractivity contribution in [1.29, 1.82) is 0 Å². The summed E-state index contributed by atoms with van der Waals surface area (Å²) in [6, 6.07) is 0. The summed E-state index contributed by atoms with van der Waals surface area (Å²) in [5.41, 5.74) is 0. The standard InChI is InChI=1S/C11H20N2O/c1-2-11(5-9-14)4-3-7-13-8-6-12-10-13/h6,8,10-11,14H,2-5,7,9H2,1H3/t11-/m1/s1. The molecular formula is C11H20N2O. The lowest BCUT2D eigenvalue weighted by atomic mass is 9.97. The van der Waals surface area contributed by atoms with Crippen LogP contribution in [0.1, 0.15) is 32.6 Å². The second kappa shape index (κ2) is 6.60. The molecule has 0 unspecified atom stereocenters. The molecule has 1 rings (SSSR count). The molecule has 0 fully saturated rings. The van der Waals surface area contributed by atoms with Gasteiger partial charge in [-0.15, -0.1) is 0 Å². The van der Waals surface area contributed by atoms with E-state index in [0.29, 0.717) is 12.5 Å².